The zero-order valence-electron chi connectivity index (χ0n) is 18.0. The fourth-order valence-corrected chi connectivity index (χ4v) is 4.43. The minimum atomic E-state index is -4.82. The van der Waals surface area contributed by atoms with Crippen LogP contribution in [0.2, 0.25) is 0 Å². The molecule has 34 heavy (non-hydrogen) atoms. The van der Waals surface area contributed by atoms with Crippen LogP contribution in [-0.4, -0.2) is 72.7 Å². The molecular weight excluding hydrogens is 472 g/mol. The first-order valence-electron chi connectivity index (χ1n) is 10.7. The zero-order chi connectivity index (χ0) is 24.8. The van der Waals surface area contributed by atoms with Gasteiger partial charge in [-0.3, -0.25) is 4.79 Å². The lowest BCUT2D eigenvalue weighted by Gasteiger charge is -2.47. The molecule has 1 saturated carbocycles. The van der Waals surface area contributed by atoms with E-state index in [-0.39, 0.29) is 51.3 Å². The number of benzene rings is 1. The first kappa shape index (κ1) is 24.4. The molecule has 1 aromatic carbocycles. The molecule has 7 nitrogen and oxygen atoms in total. The number of urea groups is 1. The molecule has 3 aliphatic rings. The Bertz CT molecular complexity index is 922. The number of nitrogens with zero attached hydrogens (tertiary/aromatic N) is 2. The summed E-state index contributed by atoms with van der Waals surface area (Å²) < 4.78 is 86.3. The number of alkyl halides is 6. The molecule has 0 bridgehead atoms. The molecule has 3 fully saturated rings. The summed E-state index contributed by atoms with van der Waals surface area (Å²) in [6, 6.07) is 4.20. The highest BCUT2D eigenvalue weighted by Crippen LogP contribution is 2.58. The third-order valence-electron chi connectivity index (χ3n) is 6.54. The van der Waals surface area contributed by atoms with Gasteiger partial charge in [0.15, 0.2) is 0 Å². The van der Waals surface area contributed by atoms with Crippen LogP contribution in [0.1, 0.15) is 25.7 Å². The third-order valence-corrected chi connectivity index (χ3v) is 6.54. The number of nitrogens with one attached hydrogen (secondary N) is 1. The van der Waals surface area contributed by atoms with Crippen LogP contribution in [0.5, 0.6) is 5.75 Å². The average molecular weight is 495 g/mol. The van der Waals surface area contributed by atoms with E-state index in [1.165, 1.54) is 21.9 Å². The maximum Gasteiger partial charge on any atom is 0.573 e. The van der Waals surface area contributed by atoms with Crippen molar-refractivity contribution in [1.82, 2.24) is 9.80 Å². The summed E-state index contributed by atoms with van der Waals surface area (Å²) in [7, 11) is 0. The molecule has 0 atom stereocenters. The number of piperidine rings is 1. The Morgan fingerprint density at radius 1 is 0.912 bits per heavy atom. The molecule has 0 aromatic heterocycles. The van der Waals surface area contributed by atoms with E-state index in [9.17, 15) is 35.9 Å². The maximum atomic E-state index is 13.3. The predicted molar refractivity (Wildman–Crippen MR) is 106 cm³/mol. The van der Waals surface area contributed by atoms with Gasteiger partial charge >= 0.3 is 18.6 Å². The van der Waals surface area contributed by atoms with Crippen LogP contribution in [0.3, 0.4) is 0 Å². The number of halogens is 6. The van der Waals surface area contributed by atoms with Crippen molar-refractivity contribution in [3.63, 3.8) is 0 Å². The summed E-state index contributed by atoms with van der Waals surface area (Å²) >= 11 is 0. The van der Waals surface area contributed by atoms with Gasteiger partial charge in [-0.2, -0.15) is 13.2 Å². The van der Waals surface area contributed by atoms with Gasteiger partial charge in [0.25, 0.3) is 0 Å². The monoisotopic (exact) mass is 495 g/mol. The predicted octanol–water partition coefficient (Wildman–Crippen LogP) is 4.15. The van der Waals surface area contributed by atoms with Gasteiger partial charge in [0.1, 0.15) is 11.2 Å². The van der Waals surface area contributed by atoms with Crippen LogP contribution in [0.15, 0.2) is 24.3 Å². The molecule has 1 aromatic rings. The Morgan fingerprint density at radius 3 is 2.06 bits per heavy atom. The van der Waals surface area contributed by atoms with Crippen molar-refractivity contribution in [3.8, 4) is 5.75 Å². The smallest absolute Gasteiger partial charge is 0.406 e. The van der Waals surface area contributed by atoms with Crippen LogP contribution in [-0.2, 0) is 9.53 Å². The number of rotatable bonds is 3. The van der Waals surface area contributed by atoms with Crippen molar-refractivity contribution in [3.05, 3.63) is 24.3 Å². The standard InChI is InChI=1S/C21H23F6N3O4/c22-20(23,24)19(5-6-19)16(31)29-9-7-18(8-10-29)13-30(11-12-33-18)17(32)28-14-1-3-15(4-2-14)34-21(25,26)27/h1-4H,5-13H2,(H,28,32). The van der Waals surface area contributed by atoms with Crippen molar-refractivity contribution in [2.75, 3.05) is 38.1 Å². The topological polar surface area (TPSA) is 71.1 Å². The van der Waals surface area contributed by atoms with Gasteiger partial charge in [-0.05, 0) is 49.9 Å². The van der Waals surface area contributed by atoms with Gasteiger partial charge in [0.2, 0.25) is 5.91 Å². The Balaban J connectivity index is 1.32. The van der Waals surface area contributed by atoms with Gasteiger partial charge in [-0.1, -0.05) is 0 Å². The second kappa shape index (κ2) is 8.51. The van der Waals surface area contributed by atoms with Crippen LogP contribution in [0.4, 0.5) is 36.8 Å². The average Bonchev–Trinajstić information content (AvgIpc) is 3.57. The molecule has 2 heterocycles. The summed E-state index contributed by atoms with van der Waals surface area (Å²) in [4.78, 5) is 27.9. The number of ether oxygens (including phenoxy) is 2. The van der Waals surface area contributed by atoms with Crippen LogP contribution in [0, 0.1) is 5.41 Å². The highest BCUT2D eigenvalue weighted by molar-refractivity contribution is 5.89. The fraction of sp³-hybridized carbons (Fsp3) is 0.619. The minimum absolute atomic E-state index is 0.104. The fourth-order valence-electron chi connectivity index (χ4n) is 4.43. The van der Waals surface area contributed by atoms with E-state index < -0.39 is 41.2 Å². The van der Waals surface area contributed by atoms with E-state index in [1.54, 1.807) is 0 Å². The zero-order valence-corrected chi connectivity index (χ0v) is 18.0. The van der Waals surface area contributed by atoms with Gasteiger partial charge in [0.05, 0.1) is 18.8 Å². The van der Waals surface area contributed by atoms with E-state index in [1.807, 2.05) is 0 Å². The summed E-state index contributed by atoms with van der Waals surface area (Å²) in [5.41, 5.74) is -2.76. The number of carbonyl (C=O) groups excluding carboxylic acids is 2. The molecule has 1 spiro atoms. The number of carbonyl (C=O) groups is 2. The highest BCUT2D eigenvalue weighted by Gasteiger charge is 2.69. The summed E-state index contributed by atoms with van der Waals surface area (Å²) in [5.74, 6) is -1.31. The largest absolute Gasteiger partial charge is 0.573 e. The Hall–Kier alpha value is -2.70. The molecule has 188 valence electrons. The van der Waals surface area contributed by atoms with E-state index in [4.69, 9.17) is 4.74 Å². The van der Waals surface area contributed by atoms with Crippen molar-refractivity contribution in [1.29, 1.82) is 0 Å². The second-order valence-corrected chi connectivity index (χ2v) is 8.83. The number of anilines is 1. The Kier molecular flexibility index (Phi) is 6.11. The molecule has 2 saturated heterocycles. The summed E-state index contributed by atoms with van der Waals surface area (Å²) in [5, 5.41) is 2.60. The lowest BCUT2D eigenvalue weighted by Crippen LogP contribution is -2.60. The minimum Gasteiger partial charge on any atom is -0.406 e. The lowest BCUT2D eigenvalue weighted by molar-refractivity contribution is -0.274. The molecule has 3 amide bonds. The normalized spacial score (nSPS) is 21.8. The highest BCUT2D eigenvalue weighted by atomic mass is 19.4. The van der Waals surface area contributed by atoms with Crippen LogP contribution in [0.25, 0.3) is 0 Å². The van der Waals surface area contributed by atoms with Crippen molar-refractivity contribution in [2.24, 2.45) is 5.41 Å². The number of hydrogen-bond acceptors (Lipinski definition) is 4. The summed E-state index contributed by atoms with van der Waals surface area (Å²) in [6.45, 7) is 0.870. The van der Waals surface area contributed by atoms with Gasteiger partial charge in [0, 0.05) is 25.3 Å². The summed E-state index contributed by atoms with van der Waals surface area (Å²) in [6.07, 6.45) is -9.18. The molecule has 13 heteroatoms. The number of likely N-dealkylation sites (tertiary alicyclic amines) is 1. The number of morpholine rings is 1. The molecule has 2 aliphatic heterocycles. The SMILES string of the molecule is O=C(Nc1ccc(OC(F)(F)F)cc1)N1CCOC2(CCN(C(=O)C3(C(F)(F)F)CC3)CC2)C1. The first-order chi connectivity index (χ1) is 15.8. The molecule has 1 aliphatic carbocycles. The molecular formula is C21H23F6N3O4. The van der Waals surface area contributed by atoms with Crippen molar-refractivity contribution < 1.29 is 45.4 Å². The molecule has 0 radical (unpaired) electrons. The first-order valence-corrected chi connectivity index (χ1v) is 10.7. The lowest BCUT2D eigenvalue weighted by atomic mass is 9.88. The van der Waals surface area contributed by atoms with Crippen LogP contribution >= 0.6 is 0 Å². The third kappa shape index (κ3) is 5.03. The second-order valence-electron chi connectivity index (χ2n) is 8.83. The van der Waals surface area contributed by atoms with Gasteiger partial charge < -0.3 is 24.6 Å². The van der Waals surface area contributed by atoms with E-state index >= 15 is 0 Å². The number of hydrogen-bond donors (Lipinski definition) is 1. The number of amides is 3. The van der Waals surface area contributed by atoms with E-state index in [0.717, 1.165) is 12.1 Å². The molecule has 1 N–H and O–H groups in total. The van der Waals surface area contributed by atoms with E-state index in [0.29, 0.717) is 12.8 Å². The van der Waals surface area contributed by atoms with E-state index in [2.05, 4.69) is 10.1 Å². The van der Waals surface area contributed by atoms with Crippen molar-refractivity contribution >= 4 is 17.6 Å². The maximum absolute atomic E-state index is 13.3. The molecule has 4 rings (SSSR count). The van der Waals surface area contributed by atoms with Crippen LogP contribution < -0.4 is 10.1 Å². The molecule has 0 unspecified atom stereocenters. The Morgan fingerprint density at radius 2 is 1.53 bits per heavy atom. The Labute approximate surface area is 191 Å². The quantitative estimate of drug-likeness (QED) is 0.640. The van der Waals surface area contributed by atoms with Gasteiger partial charge in [-0.15, -0.1) is 13.2 Å². The van der Waals surface area contributed by atoms with Gasteiger partial charge in [-0.25, -0.2) is 4.79 Å². The van der Waals surface area contributed by atoms with Crippen molar-refractivity contribution in [2.45, 2.75) is 43.8 Å².